The molecule has 1 N–H and O–H groups in total. The number of halogens is 2. The Morgan fingerprint density at radius 2 is 2.24 bits per heavy atom. The number of hydroxylamine groups is 1. The van der Waals surface area contributed by atoms with Crippen molar-refractivity contribution in [2.45, 2.75) is 0 Å². The number of nitrogens with one attached hydrogen (secondary N) is 1. The summed E-state index contributed by atoms with van der Waals surface area (Å²) >= 11 is 11.6. The van der Waals surface area contributed by atoms with Crippen LogP contribution in [0.15, 0.2) is 30.9 Å². The molecular weight excluding hydrogens is 265 g/mol. The van der Waals surface area contributed by atoms with Gasteiger partial charge in [-0.1, -0.05) is 29.3 Å². The van der Waals surface area contributed by atoms with E-state index in [1.54, 1.807) is 12.1 Å². The summed E-state index contributed by atoms with van der Waals surface area (Å²) in [4.78, 5) is 15.9. The van der Waals surface area contributed by atoms with Crippen molar-refractivity contribution in [2.75, 3.05) is 13.2 Å². The number of ether oxygens (including phenoxy) is 1. The molecule has 0 saturated carbocycles. The molecule has 17 heavy (non-hydrogen) atoms. The molecule has 0 atom stereocenters. The van der Waals surface area contributed by atoms with E-state index in [-0.39, 0.29) is 13.2 Å². The van der Waals surface area contributed by atoms with Gasteiger partial charge in [0, 0.05) is 5.02 Å². The first-order valence-corrected chi connectivity index (χ1v) is 5.48. The van der Waals surface area contributed by atoms with E-state index in [2.05, 4.69) is 12.1 Å². The third-order valence-electron chi connectivity index (χ3n) is 1.64. The Morgan fingerprint density at radius 3 is 2.88 bits per heavy atom. The highest BCUT2D eigenvalue weighted by Crippen LogP contribution is 2.27. The highest BCUT2D eigenvalue weighted by atomic mass is 35.5. The van der Waals surface area contributed by atoms with E-state index in [1.807, 2.05) is 0 Å². The standard InChI is InChI=1S/C11H11Cl2NO3/c1-2-5-17-14-11(15)7-16-10-4-3-8(12)6-9(10)13/h2-4,6H,1,5,7H2,(H,14,15). The summed E-state index contributed by atoms with van der Waals surface area (Å²) in [5.74, 6) is -0.0344. The zero-order valence-electron chi connectivity index (χ0n) is 8.91. The van der Waals surface area contributed by atoms with Gasteiger partial charge in [0.1, 0.15) is 5.75 Å². The van der Waals surface area contributed by atoms with Crippen molar-refractivity contribution in [3.8, 4) is 5.75 Å². The highest BCUT2D eigenvalue weighted by molar-refractivity contribution is 6.35. The van der Waals surface area contributed by atoms with Crippen LogP contribution >= 0.6 is 23.2 Å². The van der Waals surface area contributed by atoms with Gasteiger partial charge in [0.2, 0.25) is 0 Å². The van der Waals surface area contributed by atoms with Crippen molar-refractivity contribution in [1.82, 2.24) is 5.48 Å². The first kappa shape index (κ1) is 13.8. The zero-order chi connectivity index (χ0) is 12.7. The molecule has 1 amide bonds. The predicted octanol–water partition coefficient (Wildman–Crippen LogP) is 2.61. The van der Waals surface area contributed by atoms with Crippen LogP contribution < -0.4 is 10.2 Å². The monoisotopic (exact) mass is 275 g/mol. The molecule has 0 aliphatic carbocycles. The molecule has 4 nitrogen and oxygen atoms in total. The normalized spacial score (nSPS) is 9.76. The molecule has 0 aliphatic rings. The average Bonchev–Trinajstić information content (AvgIpc) is 2.28. The molecule has 0 saturated heterocycles. The fourth-order valence-electron chi connectivity index (χ4n) is 0.946. The fourth-order valence-corrected chi connectivity index (χ4v) is 1.41. The number of hydrogen-bond donors (Lipinski definition) is 1. The molecular formula is C11H11Cl2NO3. The van der Waals surface area contributed by atoms with Gasteiger partial charge in [0.15, 0.2) is 6.61 Å². The Morgan fingerprint density at radius 1 is 1.47 bits per heavy atom. The lowest BCUT2D eigenvalue weighted by molar-refractivity contribution is -0.134. The third-order valence-corrected chi connectivity index (χ3v) is 2.17. The number of rotatable bonds is 6. The van der Waals surface area contributed by atoms with Crippen LogP contribution in [0, 0.1) is 0 Å². The Labute approximate surface area is 109 Å². The molecule has 1 aromatic carbocycles. The summed E-state index contributed by atoms with van der Waals surface area (Å²) in [6.45, 7) is 3.47. The van der Waals surface area contributed by atoms with Gasteiger partial charge in [-0.2, -0.15) is 0 Å². The number of benzene rings is 1. The Bertz CT molecular complexity index is 410. The topological polar surface area (TPSA) is 47.6 Å². The van der Waals surface area contributed by atoms with Gasteiger partial charge in [-0.05, 0) is 18.2 Å². The minimum Gasteiger partial charge on any atom is -0.482 e. The van der Waals surface area contributed by atoms with Crippen molar-refractivity contribution >= 4 is 29.1 Å². The summed E-state index contributed by atoms with van der Waals surface area (Å²) < 4.78 is 5.18. The Kier molecular flexibility index (Phi) is 5.83. The molecule has 0 spiro atoms. The number of amides is 1. The molecule has 92 valence electrons. The summed E-state index contributed by atoms with van der Waals surface area (Å²) in [5, 5.41) is 0.846. The van der Waals surface area contributed by atoms with Gasteiger partial charge in [0.05, 0.1) is 11.6 Å². The van der Waals surface area contributed by atoms with Crippen LogP contribution in [0.1, 0.15) is 0 Å². The molecule has 0 aromatic heterocycles. The Hall–Kier alpha value is -1.23. The first-order valence-electron chi connectivity index (χ1n) is 4.73. The van der Waals surface area contributed by atoms with Gasteiger partial charge in [-0.3, -0.25) is 9.63 Å². The Balaban J connectivity index is 2.39. The summed E-state index contributed by atoms with van der Waals surface area (Å²) in [5.41, 5.74) is 2.18. The van der Waals surface area contributed by atoms with Crippen LogP contribution in [0.2, 0.25) is 10.0 Å². The minimum atomic E-state index is -0.419. The minimum absolute atomic E-state index is 0.196. The lowest BCUT2D eigenvalue weighted by atomic mass is 10.3. The number of carbonyl (C=O) groups is 1. The largest absolute Gasteiger partial charge is 0.482 e. The van der Waals surface area contributed by atoms with Crippen LogP contribution in [-0.2, 0) is 9.63 Å². The second-order valence-corrected chi connectivity index (χ2v) is 3.83. The molecule has 0 radical (unpaired) electrons. The van der Waals surface area contributed by atoms with E-state index in [1.165, 1.54) is 12.1 Å². The van der Waals surface area contributed by atoms with E-state index in [4.69, 9.17) is 32.8 Å². The maximum atomic E-state index is 11.2. The second kappa shape index (κ2) is 7.17. The third kappa shape index (κ3) is 5.08. The molecule has 1 rings (SSSR count). The van der Waals surface area contributed by atoms with Gasteiger partial charge < -0.3 is 4.74 Å². The highest BCUT2D eigenvalue weighted by Gasteiger charge is 2.06. The molecule has 0 unspecified atom stereocenters. The van der Waals surface area contributed by atoms with Crippen LogP contribution in [0.25, 0.3) is 0 Å². The zero-order valence-corrected chi connectivity index (χ0v) is 10.4. The van der Waals surface area contributed by atoms with E-state index < -0.39 is 5.91 Å². The maximum Gasteiger partial charge on any atom is 0.281 e. The molecule has 6 heteroatoms. The maximum absolute atomic E-state index is 11.2. The summed E-state index contributed by atoms with van der Waals surface area (Å²) in [7, 11) is 0. The SMILES string of the molecule is C=CCONC(=O)COc1ccc(Cl)cc1Cl. The van der Waals surface area contributed by atoms with Gasteiger partial charge >= 0.3 is 0 Å². The molecule has 1 aromatic rings. The molecule has 0 heterocycles. The molecule has 0 aliphatic heterocycles. The van der Waals surface area contributed by atoms with Crippen molar-refractivity contribution in [2.24, 2.45) is 0 Å². The van der Waals surface area contributed by atoms with Gasteiger partial charge in [0.25, 0.3) is 5.91 Å². The fraction of sp³-hybridized carbons (Fsp3) is 0.182. The van der Waals surface area contributed by atoms with E-state index in [0.29, 0.717) is 15.8 Å². The quantitative estimate of drug-likeness (QED) is 0.493. The van der Waals surface area contributed by atoms with Crippen LogP contribution in [0.5, 0.6) is 5.75 Å². The van der Waals surface area contributed by atoms with Crippen molar-refractivity contribution < 1.29 is 14.4 Å². The predicted molar refractivity (Wildman–Crippen MR) is 66.2 cm³/mol. The van der Waals surface area contributed by atoms with Crippen molar-refractivity contribution in [3.63, 3.8) is 0 Å². The lowest BCUT2D eigenvalue weighted by Gasteiger charge is -2.08. The van der Waals surface area contributed by atoms with E-state index in [0.717, 1.165) is 0 Å². The molecule has 0 fully saturated rings. The smallest absolute Gasteiger partial charge is 0.281 e. The van der Waals surface area contributed by atoms with E-state index >= 15 is 0 Å². The second-order valence-electron chi connectivity index (χ2n) is 2.99. The average molecular weight is 276 g/mol. The van der Waals surface area contributed by atoms with Crippen LogP contribution in [-0.4, -0.2) is 19.1 Å². The van der Waals surface area contributed by atoms with Crippen molar-refractivity contribution in [3.05, 3.63) is 40.9 Å². The van der Waals surface area contributed by atoms with E-state index in [9.17, 15) is 4.79 Å². The lowest BCUT2D eigenvalue weighted by Crippen LogP contribution is -2.29. The number of carbonyl (C=O) groups excluding carboxylic acids is 1. The number of hydrogen-bond acceptors (Lipinski definition) is 3. The van der Waals surface area contributed by atoms with Gasteiger partial charge in [-0.15, -0.1) is 6.58 Å². The van der Waals surface area contributed by atoms with Crippen LogP contribution in [0.3, 0.4) is 0 Å². The van der Waals surface area contributed by atoms with Gasteiger partial charge in [-0.25, -0.2) is 5.48 Å². The first-order chi connectivity index (χ1) is 8.13. The van der Waals surface area contributed by atoms with Crippen molar-refractivity contribution in [1.29, 1.82) is 0 Å². The molecule has 0 bridgehead atoms. The summed E-state index contributed by atoms with van der Waals surface area (Å²) in [6.07, 6.45) is 1.51. The summed E-state index contributed by atoms with van der Waals surface area (Å²) in [6, 6.07) is 4.74. The van der Waals surface area contributed by atoms with Crippen LogP contribution in [0.4, 0.5) is 0 Å².